The molecule has 2 N–H and O–H groups in total. The topological polar surface area (TPSA) is 104 Å². The van der Waals surface area contributed by atoms with Gasteiger partial charge in [0.1, 0.15) is 18.5 Å². The van der Waals surface area contributed by atoms with E-state index in [4.69, 9.17) is 0 Å². The molecule has 4 aromatic heterocycles. The summed E-state index contributed by atoms with van der Waals surface area (Å²) >= 11 is 0. The van der Waals surface area contributed by atoms with Crippen LogP contribution >= 0.6 is 0 Å². The van der Waals surface area contributed by atoms with E-state index < -0.39 is 0 Å². The number of H-pyrrole nitrogens is 1. The lowest BCUT2D eigenvalue weighted by atomic mass is 9.98. The quantitative estimate of drug-likeness (QED) is 0.436. The number of aromatic nitrogens is 6. The van der Waals surface area contributed by atoms with Crippen LogP contribution in [-0.2, 0) is 0 Å². The van der Waals surface area contributed by atoms with Crippen molar-refractivity contribution in [3.63, 3.8) is 0 Å². The second-order valence-electron chi connectivity index (χ2n) is 8.33. The number of rotatable bonds is 5. The molecule has 9 heteroatoms. The lowest BCUT2D eigenvalue weighted by molar-refractivity contribution is 0.0950. The summed E-state index contributed by atoms with van der Waals surface area (Å²) in [5, 5.41) is 11.0. The molecule has 1 atom stereocenters. The van der Waals surface area contributed by atoms with Gasteiger partial charge in [0.15, 0.2) is 11.3 Å². The van der Waals surface area contributed by atoms with Gasteiger partial charge in [0.25, 0.3) is 5.91 Å². The molecule has 9 nitrogen and oxygen atoms in total. The van der Waals surface area contributed by atoms with Gasteiger partial charge in [-0.3, -0.25) is 9.89 Å². The number of nitrogens with one attached hydrogen (secondary N) is 2. The van der Waals surface area contributed by atoms with Crippen molar-refractivity contribution in [3.8, 4) is 0 Å². The van der Waals surface area contributed by atoms with Crippen molar-refractivity contribution in [2.24, 2.45) is 0 Å². The Labute approximate surface area is 189 Å². The number of hydrogen-bond donors (Lipinski definition) is 2. The lowest BCUT2D eigenvalue weighted by Crippen LogP contribution is -2.27. The third-order valence-corrected chi connectivity index (χ3v) is 6.24. The number of imidazole rings is 1. The van der Waals surface area contributed by atoms with E-state index in [0.29, 0.717) is 12.2 Å². The van der Waals surface area contributed by atoms with Gasteiger partial charge in [-0.2, -0.15) is 5.10 Å². The molecular formula is C24H22N8O. The predicted molar refractivity (Wildman–Crippen MR) is 125 cm³/mol. The summed E-state index contributed by atoms with van der Waals surface area (Å²) in [5.74, 6) is 0.953. The van der Waals surface area contributed by atoms with Crippen LogP contribution in [0, 0.1) is 6.92 Å². The molecule has 1 amide bonds. The smallest absolute Gasteiger partial charge is 0.272 e. The van der Waals surface area contributed by atoms with Gasteiger partial charge in [-0.1, -0.05) is 18.2 Å². The van der Waals surface area contributed by atoms with E-state index in [-0.39, 0.29) is 11.8 Å². The lowest BCUT2D eigenvalue weighted by Gasteiger charge is -2.19. The molecule has 6 rings (SSSR count). The molecule has 5 aromatic rings. The summed E-state index contributed by atoms with van der Waals surface area (Å²) in [6.07, 6.45) is 7.72. The van der Waals surface area contributed by atoms with Crippen LogP contribution in [0.25, 0.3) is 16.6 Å². The summed E-state index contributed by atoms with van der Waals surface area (Å²) < 4.78 is 1.87. The second-order valence-corrected chi connectivity index (χ2v) is 8.33. The first-order chi connectivity index (χ1) is 16.2. The van der Waals surface area contributed by atoms with Gasteiger partial charge in [0, 0.05) is 30.9 Å². The Hall–Kier alpha value is -4.27. The zero-order chi connectivity index (χ0) is 22.4. The van der Waals surface area contributed by atoms with E-state index >= 15 is 0 Å². The molecule has 0 radical (unpaired) electrons. The highest BCUT2D eigenvalue weighted by Crippen LogP contribution is 2.42. The van der Waals surface area contributed by atoms with Gasteiger partial charge in [-0.05, 0) is 42.7 Å². The molecule has 0 spiro atoms. The van der Waals surface area contributed by atoms with E-state index in [1.807, 2.05) is 35.7 Å². The van der Waals surface area contributed by atoms with Gasteiger partial charge < -0.3 is 14.6 Å². The average molecular weight is 438 g/mol. The summed E-state index contributed by atoms with van der Waals surface area (Å²) in [6, 6.07) is 12.3. The van der Waals surface area contributed by atoms with Crippen molar-refractivity contribution in [1.29, 1.82) is 0 Å². The maximum Gasteiger partial charge on any atom is 0.272 e. The maximum atomic E-state index is 12.8. The van der Waals surface area contributed by atoms with E-state index in [1.54, 1.807) is 18.9 Å². The summed E-state index contributed by atoms with van der Waals surface area (Å²) in [5.41, 5.74) is 5.47. The Kier molecular flexibility index (Phi) is 4.53. The molecule has 0 fully saturated rings. The number of nitrogens with zero attached hydrogens (tertiary/aromatic N) is 6. The monoisotopic (exact) mass is 438 g/mol. The number of hydrogen-bond acceptors (Lipinski definition) is 6. The molecule has 33 heavy (non-hydrogen) atoms. The number of fused-ring (bicyclic) bond motifs is 3. The number of aryl methyl sites for hydroxylation is 1. The van der Waals surface area contributed by atoms with Crippen molar-refractivity contribution < 1.29 is 4.79 Å². The number of benzene rings is 1. The summed E-state index contributed by atoms with van der Waals surface area (Å²) in [6.45, 7) is 3.34. The molecular weight excluding hydrogens is 416 g/mol. The Balaban J connectivity index is 1.20. The zero-order valence-electron chi connectivity index (χ0n) is 18.1. The number of anilines is 2. The first kappa shape index (κ1) is 19.4. The van der Waals surface area contributed by atoms with Crippen molar-refractivity contribution in [2.75, 3.05) is 18.0 Å². The highest BCUT2D eigenvalue weighted by atomic mass is 16.1. The maximum absolute atomic E-state index is 12.8. The largest absolute Gasteiger partial charge is 0.351 e. The van der Waals surface area contributed by atoms with E-state index in [9.17, 15) is 4.79 Å². The number of carbonyl (C=O) groups excluding carboxylic acids is 1. The minimum atomic E-state index is -0.151. The van der Waals surface area contributed by atoms with Gasteiger partial charge in [0.2, 0.25) is 0 Å². The van der Waals surface area contributed by atoms with Crippen LogP contribution in [0.3, 0.4) is 0 Å². The molecule has 1 aliphatic heterocycles. The fourth-order valence-corrected chi connectivity index (χ4v) is 4.62. The third kappa shape index (κ3) is 3.29. The zero-order valence-corrected chi connectivity index (χ0v) is 18.1. The van der Waals surface area contributed by atoms with Crippen molar-refractivity contribution in [1.82, 2.24) is 34.9 Å². The fourth-order valence-electron chi connectivity index (χ4n) is 4.62. The van der Waals surface area contributed by atoms with Crippen LogP contribution in [0.15, 0.2) is 61.4 Å². The van der Waals surface area contributed by atoms with Crippen LogP contribution < -0.4 is 10.2 Å². The number of amides is 1. The van der Waals surface area contributed by atoms with Crippen LogP contribution in [-0.4, -0.2) is 48.5 Å². The third-order valence-electron chi connectivity index (χ3n) is 6.24. The van der Waals surface area contributed by atoms with Gasteiger partial charge in [0.05, 0.1) is 17.1 Å². The molecule has 1 aromatic carbocycles. The second kappa shape index (κ2) is 7.70. The Morgan fingerprint density at radius 3 is 3.06 bits per heavy atom. The van der Waals surface area contributed by atoms with Gasteiger partial charge in [-0.15, -0.1) is 0 Å². The SMILES string of the molecule is Cc1ccn2cnc(C(=O)NCCC3CN(c4ncnc5[nH]ncc45)c4ccccc43)c2c1. The van der Waals surface area contributed by atoms with Crippen molar-refractivity contribution >= 4 is 34.0 Å². The van der Waals surface area contributed by atoms with Crippen LogP contribution in [0.5, 0.6) is 0 Å². The fraction of sp³-hybridized carbons (Fsp3) is 0.208. The van der Waals surface area contributed by atoms with Crippen molar-refractivity contribution in [3.05, 3.63) is 78.3 Å². The van der Waals surface area contributed by atoms with Crippen LogP contribution in [0.1, 0.15) is 34.0 Å². The van der Waals surface area contributed by atoms with E-state index in [1.165, 1.54) is 5.56 Å². The normalized spacial score (nSPS) is 15.3. The summed E-state index contributed by atoms with van der Waals surface area (Å²) in [7, 11) is 0. The Morgan fingerprint density at radius 1 is 1.21 bits per heavy atom. The number of para-hydroxylation sites is 1. The Bertz CT molecular complexity index is 1490. The first-order valence-corrected chi connectivity index (χ1v) is 10.9. The molecule has 164 valence electrons. The number of carbonyl (C=O) groups is 1. The highest BCUT2D eigenvalue weighted by Gasteiger charge is 2.31. The average Bonchev–Trinajstić information content (AvgIpc) is 3.56. The first-order valence-electron chi connectivity index (χ1n) is 10.9. The van der Waals surface area contributed by atoms with Crippen LogP contribution in [0.4, 0.5) is 11.5 Å². The number of pyridine rings is 1. The molecule has 1 aliphatic rings. The minimum Gasteiger partial charge on any atom is -0.351 e. The molecule has 1 unspecified atom stereocenters. The molecule has 0 saturated heterocycles. The highest BCUT2D eigenvalue weighted by molar-refractivity contribution is 5.99. The Morgan fingerprint density at radius 2 is 2.12 bits per heavy atom. The van der Waals surface area contributed by atoms with Gasteiger partial charge in [-0.25, -0.2) is 15.0 Å². The number of aromatic amines is 1. The van der Waals surface area contributed by atoms with Crippen molar-refractivity contribution in [2.45, 2.75) is 19.3 Å². The predicted octanol–water partition coefficient (Wildman–Crippen LogP) is 3.36. The van der Waals surface area contributed by atoms with E-state index in [2.05, 4.69) is 53.6 Å². The van der Waals surface area contributed by atoms with Crippen LogP contribution in [0.2, 0.25) is 0 Å². The minimum absolute atomic E-state index is 0.151. The molecule has 0 bridgehead atoms. The summed E-state index contributed by atoms with van der Waals surface area (Å²) in [4.78, 5) is 28.2. The molecule has 5 heterocycles. The van der Waals surface area contributed by atoms with E-state index in [0.717, 1.165) is 46.6 Å². The van der Waals surface area contributed by atoms with Gasteiger partial charge >= 0.3 is 0 Å². The standard InChI is InChI=1S/C24H22N8O/c1-15-7-9-31-14-28-21(20(31)10-15)24(33)25-8-6-16-12-32(19-5-3-2-4-17(16)19)23-18-11-29-30-22(18)26-13-27-23/h2-5,7,9-11,13-14,16H,6,8,12H2,1H3,(H,25,33)(H,26,27,29,30). The molecule has 0 aliphatic carbocycles. The molecule has 0 saturated carbocycles.